The first-order chi connectivity index (χ1) is 17.2. The van der Waals surface area contributed by atoms with E-state index in [-0.39, 0.29) is 17.2 Å². The Morgan fingerprint density at radius 1 is 1.09 bits per heavy atom. The molecule has 6 nitrogen and oxygen atoms in total. The predicted octanol–water partition coefficient (Wildman–Crippen LogP) is 5.23. The molecular formula is C27H24N4O2S2. The lowest BCUT2D eigenvalue weighted by Crippen LogP contribution is -2.24. The van der Waals surface area contributed by atoms with Crippen LogP contribution in [0.15, 0.2) is 81.8 Å². The van der Waals surface area contributed by atoms with Crippen molar-refractivity contribution in [2.45, 2.75) is 30.8 Å². The lowest BCUT2D eigenvalue weighted by Gasteiger charge is -2.13. The number of carbonyl (C=O) groups is 1. The molecule has 0 aliphatic heterocycles. The van der Waals surface area contributed by atoms with E-state index in [9.17, 15) is 9.59 Å². The van der Waals surface area contributed by atoms with Crippen LogP contribution in [0.3, 0.4) is 0 Å². The number of carbonyl (C=O) groups excluding carboxylic acids is 1. The summed E-state index contributed by atoms with van der Waals surface area (Å²) in [5.41, 5.74) is 5.43. The quantitative estimate of drug-likeness (QED) is 0.163. The fourth-order valence-electron chi connectivity index (χ4n) is 4.12. The van der Waals surface area contributed by atoms with Crippen LogP contribution in [0.5, 0.6) is 0 Å². The molecule has 4 aromatic rings. The molecular weight excluding hydrogens is 476 g/mol. The molecule has 2 aromatic heterocycles. The summed E-state index contributed by atoms with van der Waals surface area (Å²) in [5.74, 6) is -0.172. The fraction of sp³-hybridized carbons (Fsp3) is 0.185. The monoisotopic (exact) mass is 500 g/mol. The van der Waals surface area contributed by atoms with Crippen molar-refractivity contribution in [2.24, 2.45) is 5.10 Å². The Morgan fingerprint density at radius 2 is 1.83 bits per heavy atom. The maximum Gasteiger partial charge on any atom is 0.267 e. The number of allylic oxidation sites excluding steroid dienone is 1. The van der Waals surface area contributed by atoms with Gasteiger partial charge in [-0.05, 0) is 55.0 Å². The maximum atomic E-state index is 13.7. The third-order valence-electron chi connectivity index (χ3n) is 5.74. The third-order valence-corrected chi connectivity index (χ3v) is 7.87. The summed E-state index contributed by atoms with van der Waals surface area (Å²) in [7, 11) is 0. The Hall–Kier alpha value is -3.49. The molecule has 2 heterocycles. The van der Waals surface area contributed by atoms with Gasteiger partial charge in [0.2, 0.25) is 0 Å². The molecule has 0 saturated carbocycles. The standard InChI is InChI=1S/C27H24N4O2S2/c32-23(30-28-17-9-12-19-10-3-1-4-11-19)18-34-27-29-25-24(21-15-7-8-16-22(21)35-25)26(33)31(27)20-13-5-2-6-14-20/h1-6,9-14,17H,7-8,15-16,18H2,(H,30,32)/b12-9+,28-17-. The van der Waals surface area contributed by atoms with Gasteiger partial charge in [0.25, 0.3) is 11.5 Å². The van der Waals surface area contributed by atoms with Crippen molar-refractivity contribution in [3.8, 4) is 5.69 Å². The molecule has 8 heteroatoms. The Morgan fingerprint density at radius 3 is 2.63 bits per heavy atom. The molecule has 1 aliphatic carbocycles. The van der Waals surface area contributed by atoms with E-state index in [2.05, 4.69) is 10.5 Å². The Kier molecular flexibility index (Phi) is 7.20. The number of nitrogens with zero attached hydrogens (tertiary/aromatic N) is 3. The first-order valence-electron chi connectivity index (χ1n) is 11.5. The van der Waals surface area contributed by atoms with Crippen molar-refractivity contribution in [3.63, 3.8) is 0 Å². The maximum absolute atomic E-state index is 13.7. The molecule has 0 fully saturated rings. The summed E-state index contributed by atoms with van der Waals surface area (Å²) in [4.78, 5) is 33.0. The van der Waals surface area contributed by atoms with Gasteiger partial charge in [-0.2, -0.15) is 5.10 Å². The van der Waals surface area contributed by atoms with Gasteiger partial charge in [-0.3, -0.25) is 14.2 Å². The molecule has 5 rings (SSSR count). The Bertz CT molecular complexity index is 1460. The molecule has 1 aliphatic rings. The van der Waals surface area contributed by atoms with Crippen molar-refractivity contribution in [1.82, 2.24) is 15.0 Å². The Labute approximate surface area is 211 Å². The Balaban J connectivity index is 1.35. The highest BCUT2D eigenvalue weighted by molar-refractivity contribution is 7.99. The number of thiophene rings is 1. The normalized spacial score (nSPS) is 13.5. The van der Waals surface area contributed by atoms with Crippen molar-refractivity contribution in [2.75, 3.05) is 5.75 Å². The second-order valence-corrected chi connectivity index (χ2v) is 10.2. The van der Waals surface area contributed by atoms with E-state index in [4.69, 9.17) is 4.98 Å². The number of aryl methyl sites for hydroxylation is 2. The third kappa shape index (κ3) is 5.28. The van der Waals surface area contributed by atoms with Gasteiger partial charge in [0.15, 0.2) is 5.16 Å². The van der Waals surface area contributed by atoms with Crippen molar-refractivity contribution in [1.29, 1.82) is 0 Å². The number of aromatic nitrogens is 2. The zero-order valence-corrected chi connectivity index (χ0v) is 20.6. The molecule has 1 amide bonds. The molecule has 0 bridgehead atoms. The molecule has 1 N–H and O–H groups in total. The van der Waals surface area contributed by atoms with Gasteiger partial charge in [0, 0.05) is 11.1 Å². The van der Waals surface area contributed by atoms with E-state index in [1.165, 1.54) is 22.9 Å². The van der Waals surface area contributed by atoms with Gasteiger partial charge < -0.3 is 0 Å². The number of fused-ring (bicyclic) bond motifs is 3. The number of thioether (sulfide) groups is 1. The summed E-state index contributed by atoms with van der Waals surface area (Å²) >= 11 is 2.85. The van der Waals surface area contributed by atoms with Gasteiger partial charge in [-0.1, -0.05) is 66.4 Å². The van der Waals surface area contributed by atoms with Gasteiger partial charge >= 0.3 is 0 Å². The van der Waals surface area contributed by atoms with E-state index < -0.39 is 0 Å². The van der Waals surface area contributed by atoms with E-state index in [1.807, 2.05) is 66.7 Å². The lowest BCUT2D eigenvalue weighted by molar-refractivity contribution is -0.118. The highest BCUT2D eigenvalue weighted by Gasteiger charge is 2.23. The molecule has 176 valence electrons. The minimum Gasteiger partial charge on any atom is -0.272 e. The average Bonchev–Trinajstić information content (AvgIpc) is 3.27. The zero-order chi connectivity index (χ0) is 24.0. The van der Waals surface area contributed by atoms with Crippen LogP contribution in [0.1, 0.15) is 28.8 Å². The van der Waals surface area contributed by atoms with Crippen LogP contribution >= 0.6 is 23.1 Å². The van der Waals surface area contributed by atoms with Gasteiger partial charge in [0.1, 0.15) is 4.83 Å². The summed E-state index contributed by atoms with van der Waals surface area (Å²) < 4.78 is 1.63. The lowest BCUT2D eigenvalue weighted by atomic mass is 9.97. The summed E-state index contributed by atoms with van der Waals surface area (Å²) in [6.07, 6.45) is 9.38. The van der Waals surface area contributed by atoms with Crippen molar-refractivity contribution < 1.29 is 4.79 Å². The van der Waals surface area contributed by atoms with Crippen LogP contribution in [-0.4, -0.2) is 27.4 Å². The number of rotatable bonds is 7. The van der Waals surface area contributed by atoms with Gasteiger partial charge in [0.05, 0.1) is 16.8 Å². The van der Waals surface area contributed by atoms with E-state index in [1.54, 1.807) is 22.0 Å². The van der Waals surface area contributed by atoms with Crippen molar-refractivity contribution in [3.05, 3.63) is 93.1 Å². The highest BCUT2D eigenvalue weighted by Crippen LogP contribution is 2.35. The summed E-state index contributed by atoms with van der Waals surface area (Å²) in [5, 5.41) is 5.22. The number of hydrazone groups is 1. The minimum absolute atomic E-state index is 0.0624. The van der Waals surface area contributed by atoms with E-state index in [0.29, 0.717) is 5.16 Å². The second kappa shape index (κ2) is 10.8. The average molecular weight is 501 g/mol. The largest absolute Gasteiger partial charge is 0.272 e. The number of benzene rings is 2. The number of nitrogens with one attached hydrogen (secondary N) is 1. The molecule has 35 heavy (non-hydrogen) atoms. The predicted molar refractivity (Wildman–Crippen MR) is 145 cm³/mol. The zero-order valence-electron chi connectivity index (χ0n) is 19.0. The smallest absolute Gasteiger partial charge is 0.267 e. The highest BCUT2D eigenvalue weighted by atomic mass is 32.2. The number of hydrogen-bond donors (Lipinski definition) is 1. The molecule has 0 unspecified atom stereocenters. The fourth-order valence-corrected chi connectivity index (χ4v) is 6.23. The van der Waals surface area contributed by atoms with Crippen LogP contribution < -0.4 is 11.0 Å². The van der Waals surface area contributed by atoms with Gasteiger partial charge in [-0.25, -0.2) is 10.4 Å². The molecule has 0 spiro atoms. The molecule has 0 atom stereocenters. The number of hydrogen-bond acceptors (Lipinski definition) is 6. The van der Waals surface area contributed by atoms with Crippen LogP contribution in [0.25, 0.3) is 22.0 Å². The SMILES string of the molecule is O=C(CSc1nc2sc3c(c2c(=O)n1-c1ccccc1)CCCC3)N/N=C\C=C\c1ccccc1. The van der Waals surface area contributed by atoms with Crippen LogP contribution in [-0.2, 0) is 17.6 Å². The van der Waals surface area contributed by atoms with Gasteiger partial charge in [-0.15, -0.1) is 11.3 Å². The minimum atomic E-state index is -0.265. The second-order valence-electron chi connectivity index (χ2n) is 8.13. The summed E-state index contributed by atoms with van der Waals surface area (Å²) in [6.45, 7) is 0. The summed E-state index contributed by atoms with van der Waals surface area (Å²) in [6, 6.07) is 19.3. The molecule has 2 aromatic carbocycles. The number of para-hydroxylation sites is 1. The van der Waals surface area contributed by atoms with Crippen LogP contribution in [0, 0.1) is 0 Å². The molecule has 0 radical (unpaired) electrons. The van der Waals surface area contributed by atoms with Crippen molar-refractivity contribution >= 4 is 51.5 Å². The molecule has 0 saturated heterocycles. The first-order valence-corrected chi connectivity index (χ1v) is 13.3. The van der Waals surface area contributed by atoms with Crippen LogP contribution in [0.4, 0.5) is 0 Å². The van der Waals surface area contributed by atoms with E-state index >= 15 is 0 Å². The number of amides is 1. The first kappa shape index (κ1) is 23.3. The topological polar surface area (TPSA) is 76.3 Å². The van der Waals surface area contributed by atoms with Crippen LogP contribution in [0.2, 0.25) is 0 Å². The van der Waals surface area contributed by atoms with E-state index in [0.717, 1.165) is 52.7 Å².